The van der Waals surface area contributed by atoms with Crippen LogP contribution in [0.4, 0.5) is 0 Å². The van der Waals surface area contributed by atoms with Gasteiger partial charge in [-0.15, -0.1) is 0 Å². The summed E-state index contributed by atoms with van der Waals surface area (Å²) in [4.78, 5) is 11.8. The molecule has 0 bridgehead atoms. The number of unbranched alkanes of at least 4 members (excludes halogenated alkanes) is 1. The van der Waals surface area contributed by atoms with Crippen molar-refractivity contribution in [3.8, 4) is 0 Å². The first kappa shape index (κ1) is 15.6. The van der Waals surface area contributed by atoms with Gasteiger partial charge in [-0.05, 0) is 36.9 Å². The zero-order valence-electron chi connectivity index (χ0n) is 12.8. The second-order valence-electron chi connectivity index (χ2n) is 5.19. The summed E-state index contributed by atoms with van der Waals surface area (Å²) in [6.45, 7) is 5.94. The van der Waals surface area contributed by atoms with Gasteiger partial charge >= 0.3 is 5.97 Å². The van der Waals surface area contributed by atoms with Gasteiger partial charge in [-0.1, -0.05) is 25.0 Å². The molecule has 4 heteroatoms. The van der Waals surface area contributed by atoms with Crippen LogP contribution in [0.2, 0.25) is 0 Å². The molecule has 0 radical (unpaired) electrons. The Labute approximate surface area is 125 Å². The Morgan fingerprint density at radius 3 is 2.86 bits per heavy atom. The predicted octanol–water partition coefficient (Wildman–Crippen LogP) is 3.31. The fourth-order valence-corrected chi connectivity index (χ4v) is 2.21. The van der Waals surface area contributed by atoms with Crippen LogP contribution in [0, 0.1) is 6.92 Å². The molecule has 4 nitrogen and oxygen atoms in total. The van der Waals surface area contributed by atoms with Crippen molar-refractivity contribution in [2.24, 2.45) is 0 Å². The van der Waals surface area contributed by atoms with E-state index in [1.165, 1.54) is 5.56 Å². The number of esters is 1. The number of hydrogen-bond acceptors (Lipinski definition) is 3. The number of aromatic nitrogens is 1. The standard InChI is InChI=1S/C17H23NO3/c1-3-4-9-20-10-11-21-17(19)13-18-8-7-15-12-14(2)5-6-16(15)18/h5-8,12H,3-4,9-11,13H2,1-2H3. The molecule has 21 heavy (non-hydrogen) atoms. The maximum Gasteiger partial charge on any atom is 0.326 e. The summed E-state index contributed by atoms with van der Waals surface area (Å²) in [5.74, 6) is -0.229. The Kier molecular flexibility index (Phi) is 5.81. The van der Waals surface area contributed by atoms with E-state index < -0.39 is 0 Å². The van der Waals surface area contributed by atoms with Crippen LogP contribution in [0.25, 0.3) is 10.9 Å². The van der Waals surface area contributed by atoms with Crippen LogP contribution in [0.3, 0.4) is 0 Å². The van der Waals surface area contributed by atoms with Crippen molar-refractivity contribution in [2.45, 2.75) is 33.2 Å². The fraction of sp³-hybridized carbons (Fsp3) is 0.471. The summed E-state index contributed by atoms with van der Waals surface area (Å²) >= 11 is 0. The molecule has 0 aliphatic rings. The van der Waals surface area contributed by atoms with Gasteiger partial charge < -0.3 is 14.0 Å². The van der Waals surface area contributed by atoms with Crippen LogP contribution in [-0.2, 0) is 20.8 Å². The van der Waals surface area contributed by atoms with E-state index >= 15 is 0 Å². The molecule has 0 aliphatic carbocycles. The van der Waals surface area contributed by atoms with E-state index in [0.29, 0.717) is 13.2 Å². The number of nitrogens with zero attached hydrogens (tertiary/aromatic N) is 1. The number of carbonyl (C=O) groups excluding carboxylic acids is 1. The first-order valence-electron chi connectivity index (χ1n) is 7.49. The summed E-state index contributed by atoms with van der Waals surface area (Å²) in [6, 6.07) is 8.21. The topological polar surface area (TPSA) is 40.5 Å². The quantitative estimate of drug-likeness (QED) is 0.553. The summed E-state index contributed by atoms with van der Waals surface area (Å²) in [6.07, 6.45) is 4.08. The highest BCUT2D eigenvalue weighted by Crippen LogP contribution is 2.17. The molecule has 1 heterocycles. The van der Waals surface area contributed by atoms with Gasteiger partial charge in [-0.25, -0.2) is 0 Å². The third kappa shape index (κ3) is 4.60. The van der Waals surface area contributed by atoms with E-state index in [4.69, 9.17) is 9.47 Å². The fourth-order valence-electron chi connectivity index (χ4n) is 2.21. The van der Waals surface area contributed by atoms with Crippen LogP contribution in [0.15, 0.2) is 30.5 Å². The molecule has 0 N–H and O–H groups in total. The summed E-state index contributed by atoms with van der Waals surface area (Å²) < 4.78 is 12.5. The molecular formula is C17H23NO3. The summed E-state index contributed by atoms with van der Waals surface area (Å²) in [5, 5.41) is 1.14. The lowest BCUT2D eigenvalue weighted by molar-refractivity contribution is -0.145. The van der Waals surface area contributed by atoms with E-state index in [2.05, 4.69) is 19.9 Å². The lowest BCUT2D eigenvalue weighted by Crippen LogP contribution is -2.16. The first-order valence-corrected chi connectivity index (χ1v) is 7.49. The largest absolute Gasteiger partial charge is 0.462 e. The highest BCUT2D eigenvalue weighted by Gasteiger charge is 2.07. The molecule has 0 saturated heterocycles. The number of benzene rings is 1. The molecule has 0 amide bonds. The van der Waals surface area contributed by atoms with E-state index in [1.807, 2.05) is 29.0 Å². The van der Waals surface area contributed by atoms with Gasteiger partial charge in [-0.3, -0.25) is 4.79 Å². The Morgan fingerprint density at radius 1 is 1.19 bits per heavy atom. The lowest BCUT2D eigenvalue weighted by atomic mass is 10.2. The number of aryl methyl sites for hydroxylation is 1. The van der Waals surface area contributed by atoms with E-state index in [0.717, 1.165) is 30.4 Å². The zero-order chi connectivity index (χ0) is 15.1. The van der Waals surface area contributed by atoms with E-state index in [1.54, 1.807) is 0 Å². The van der Waals surface area contributed by atoms with Crippen molar-refractivity contribution in [1.82, 2.24) is 4.57 Å². The molecule has 2 rings (SSSR count). The van der Waals surface area contributed by atoms with Gasteiger partial charge in [-0.2, -0.15) is 0 Å². The number of hydrogen-bond donors (Lipinski definition) is 0. The normalized spacial score (nSPS) is 11.0. The molecule has 0 saturated carbocycles. The minimum absolute atomic E-state index is 0.229. The van der Waals surface area contributed by atoms with Crippen molar-refractivity contribution in [3.63, 3.8) is 0 Å². The van der Waals surface area contributed by atoms with Crippen LogP contribution >= 0.6 is 0 Å². The zero-order valence-corrected chi connectivity index (χ0v) is 12.8. The van der Waals surface area contributed by atoms with Crippen molar-refractivity contribution < 1.29 is 14.3 Å². The van der Waals surface area contributed by atoms with Crippen LogP contribution in [0.5, 0.6) is 0 Å². The minimum atomic E-state index is -0.229. The van der Waals surface area contributed by atoms with Gasteiger partial charge in [0.2, 0.25) is 0 Å². The number of rotatable bonds is 8. The Balaban J connectivity index is 1.79. The van der Waals surface area contributed by atoms with Gasteiger partial charge in [0, 0.05) is 18.3 Å². The van der Waals surface area contributed by atoms with Crippen molar-refractivity contribution in [1.29, 1.82) is 0 Å². The van der Waals surface area contributed by atoms with E-state index in [-0.39, 0.29) is 12.5 Å². The van der Waals surface area contributed by atoms with Gasteiger partial charge in [0.05, 0.1) is 6.61 Å². The van der Waals surface area contributed by atoms with E-state index in [9.17, 15) is 4.79 Å². The summed E-state index contributed by atoms with van der Waals surface area (Å²) in [5.41, 5.74) is 2.27. The van der Waals surface area contributed by atoms with Crippen LogP contribution < -0.4 is 0 Å². The molecule has 0 aliphatic heterocycles. The monoisotopic (exact) mass is 289 g/mol. The van der Waals surface area contributed by atoms with Crippen LogP contribution in [-0.4, -0.2) is 30.4 Å². The molecule has 0 spiro atoms. The number of carbonyl (C=O) groups is 1. The molecule has 1 aromatic carbocycles. The lowest BCUT2D eigenvalue weighted by Gasteiger charge is -2.07. The van der Waals surface area contributed by atoms with Crippen molar-refractivity contribution in [3.05, 3.63) is 36.0 Å². The SMILES string of the molecule is CCCCOCCOC(=O)Cn1ccc2cc(C)ccc21. The van der Waals surface area contributed by atoms with Crippen LogP contribution in [0.1, 0.15) is 25.3 Å². The summed E-state index contributed by atoms with van der Waals surface area (Å²) in [7, 11) is 0. The van der Waals surface area contributed by atoms with Gasteiger partial charge in [0.25, 0.3) is 0 Å². The Bertz CT molecular complexity index is 589. The third-order valence-electron chi connectivity index (χ3n) is 3.36. The highest BCUT2D eigenvalue weighted by atomic mass is 16.6. The van der Waals surface area contributed by atoms with Gasteiger partial charge in [0.15, 0.2) is 0 Å². The molecule has 2 aromatic rings. The predicted molar refractivity (Wildman–Crippen MR) is 83.4 cm³/mol. The maximum atomic E-state index is 11.8. The Hall–Kier alpha value is -1.81. The smallest absolute Gasteiger partial charge is 0.326 e. The van der Waals surface area contributed by atoms with Gasteiger partial charge in [0.1, 0.15) is 13.2 Å². The second kappa shape index (κ2) is 7.84. The molecule has 0 fully saturated rings. The molecule has 0 unspecified atom stereocenters. The minimum Gasteiger partial charge on any atom is -0.462 e. The third-order valence-corrected chi connectivity index (χ3v) is 3.36. The Morgan fingerprint density at radius 2 is 2.05 bits per heavy atom. The molecular weight excluding hydrogens is 266 g/mol. The average Bonchev–Trinajstić information content (AvgIpc) is 2.85. The molecule has 114 valence electrons. The molecule has 0 atom stereocenters. The number of ether oxygens (including phenoxy) is 2. The average molecular weight is 289 g/mol. The molecule has 1 aromatic heterocycles. The number of fused-ring (bicyclic) bond motifs is 1. The second-order valence-corrected chi connectivity index (χ2v) is 5.19. The van der Waals surface area contributed by atoms with Crippen molar-refractivity contribution >= 4 is 16.9 Å². The maximum absolute atomic E-state index is 11.8. The first-order chi connectivity index (χ1) is 10.2. The van der Waals surface area contributed by atoms with Crippen molar-refractivity contribution in [2.75, 3.05) is 19.8 Å². The highest BCUT2D eigenvalue weighted by molar-refractivity contribution is 5.82.